The number of nitrogens with zero attached hydrogens (tertiary/aromatic N) is 1. The summed E-state index contributed by atoms with van der Waals surface area (Å²) >= 11 is 5.88. The van der Waals surface area contributed by atoms with Crippen LogP contribution in [0.1, 0.15) is 16.7 Å². The first-order valence-corrected chi connectivity index (χ1v) is 6.06. The van der Waals surface area contributed by atoms with Crippen LogP contribution in [-0.4, -0.2) is 0 Å². The quantitative estimate of drug-likeness (QED) is 0.839. The Morgan fingerprint density at radius 1 is 1.32 bits per heavy atom. The van der Waals surface area contributed by atoms with Crippen LogP contribution in [-0.2, 0) is 6.61 Å². The molecule has 0 amide bonds. The van der Waals surface area contributed by atoms with Crippen molar-refractivity contribution >= 4 is 11.6 Å². The van der Waals surface area contributed by atoms with Gasteiger partial charge in [-0.2, -0.15) is 5.26 Å². The zero-order chi connectivity index (χ0) is 13.8. The average Bonchev–Trinajstić information content (AvgIpc) is 2.39. The highest BCUT2D eigenvalue weighted by molar-refractivity contribution is 6.32. The molecular formula is C15H11ClFNO. The molecule has 0 atom stereocenters. The van der Waals surface area contributed by atoms with Crippen molar-refractivity contribution in [2.24, 2.45) is 0 Å². The third-order valence-corrected chi connectivity index (χ3v) is 3.06. The first-order chi connectivity index (χ1) is 9.11. The lowest BCUT2D eigenvalue weighted by Gasteiger charge is -2.10. The van der Waals surface area contributed by atoms with Gasteiger partial charge in [0.1, 0.15) is 6.61 Å². The van der Waals surface area contributed by atoms with Gasteiger partial charge in [0.05, 0.1) is 16.7 Å². The van der Waals surface area contributed by atoms with Gasteiger partial charge in [-0.3, -0.25) is 0 Å². The van der Waals surface area contributed by atoms with Gasteiger partial charge in [-0.25, -0.2) is 4.39 Å². The number of para-hydroxylation sites is 1. The molecule has 4 heteroatoms. The summed E-state index contributed by atoms with van der Waals surface area (Å²) in [5.74, 6) is -0.438. The summed E-state index contributed by atoms with van der Waals surface area (Å²) in [7, 11) is 0. The maximum Gasteiger partial charge on any atom is 0.174 e. The molecule has 2 aromatic rings. The van der Waals surface area contributed by atoms with Crippen LogP contribution in [0.2, 0.25) is 5.02 Å². The Hall–Kier alpha value is -2.05. The Morgan fingerprint density at radius 3 is 2.74 bits per heavy atom. The molecule has 0 aromatic heterocycles. The van der Waals surface area contributed by atoms with E-state index in [0.717, 1.165) is 11.1 Å². The van der Waals surface area contributed by atoms with E-state index in [0.29, 0.717) is 5.56 Å². The third kappa shape index (κ3) is 3.04. The standard InChI is InChI=1S/C15H11ClFNO/c1-10-7-11(8-18)5-6-12(10)9-19-15-13(16)3-2-4-14(15)17/h2-7H,9H2,1H3. The van der Waals surface area contributed by atoms with Gasteiger partial charge >= 0.3 is 0 Å². The summed E-state index contributed by atoms with van der Waals surface area (Å²) in [4.78, 5) is 0. The van der Waals surface area contributed by atoms with Crippen molar-refractivity contribution in [2.75, 3.05) is 0 Å². The summed E-state index contributed by atoms with van der Waals surface area (Å²) in [5, 5.41) is 9.03. The molecule has 0 saturated carbocycles. The van der Waals surface area contributed by atoms with Crippen molar-refractivity contribution in [3.63, 3.8) is 0 Å². The summed E-state index contributed by atoms with van der Waals surface area (Å²) in [6.45, 7) is 2.08. The minimum Gasteiger partial charge on any atom is -0.484 e. The highest BCUT2D eigenvalue weighted by atomic mass is 35.5. The van der Waals surface area contributed by atoms with Crippen molar-refractivity contribution < 1.29 is 9.13 Å². The van der Waals surface area contributed by atoms with Crippen molar-refractivity contribution in [3.05, 3.63) is 63.9 Å². The highest BCUT2D eigenvalue weighted by Crippen LogP contribution is 2.28. The Bertz CT molecular complexity index is 629. The van der Waals surface area contributed by atoms with Crippen molar-refractivity contribution in [1.29, 1.82) is 5.26 Å². The normalized spacial score (nSPS) is 10.0. The van der Waals surface area contributed by atoms with Gasteiger partial charge in [0.2, 0.25) is 0 Å². The van der Waals surface area contributed by atoms with Crippen LogP contribution < -0.4 is 4.74 Å². The molecule has 0 radical (unpaired) electrons. The van der Waals surface area contributed by atoms with Crippen LogP contribution in [0, 0.1) is 24.1 Å². The summed E-state index contributed by atoms with van der Waals surface area (Å²) in [6.07, 6.45) is 0. The summed E-state index contributed by atoms with van der Waals surface area (Å²) < 4.78 is 18.9. The maximum absolute atomic E-state index is 13.5. The maximum atomic E-state index is 13.5. The minimum atomic E-state index is -0.487. The van der Waals surface area contributed by atoms with E-state index >= 15 is 0 Å². The molecule has 2 rings (SSSR count). The SMILES string of the molecule is Cc1cc(C#N)ccc1COc1c(F)cccc1Cl. The number of ether oxygens (including phenoxy) is 1. The molecule has 2 nitrogen and oxygen atoms in total. The molecule has 0 spiro atoms. The molecule has 96 valence electrons. The second kappa shape index (κ2) is 5.73. The summed E-state index contributed by atoms with van der Waals surface area (Å²) in [6, 6.07) is 11.7. The van der Waals surface area contributed by atoms with E-state index in [9.17, 15) is 4.39 Å². The van der Waals surface area contributed by atoms with E-state index in [1.807, 2.05) is 6.92 Å². The van der Waals surface area contributed by atoms with Gasteiger partial charge < -0.3 is 4.74 Å². The monoisotopic (exact) mass is 275 g/mol. The molecule has 0 bridgehead atoms. The Balaban J connectivity index is 2.17. The fraction of sp³-hybridized carbons (Fsp3) is 0.133. The molecule has 0 fully saturated rings. The van der Waals surface area contributed by atoms with Crippen LogP contribution in [0.5, 0.6) is 5.75 Å². The molecule has 0 N–H and O–H groups in total. The number of halogens is 2. The van der Waals surface area contributed by atoms with Gasteiger partial charge in [0.15, 0.2) is 11.6 Å². The third-order valence-electron chi connectivity index (χ3n) is 2.76. The number of nitriles is 1. The van der Waals surface area contributed by atoms with Crippen LogP contribution in [0.25, 0.3) is 0 Å². The van der Waals surface area contributed by atoms with E-state index < -0.39 is 5.82 Å². The predicted molar refractivity (Wildman–Crippen MR) is 71.6 cm³/mol. The van der Waals surface area contributed by atoms with E-state index in [4.69, 9.17) is 21.6 Å². The Kier molecular flexibility index (Phi) is 4.03. The lowest BCUT2D eigenvalue weighted by atomic mass is 10.1. The van der Waals surface area contributed by atoms with Crippen LogP contribution in [0.3, 0.4) is 0 Å². The van der Waals surface area contributed by atoms with Gasteiger partial charge in [-0.1, -0.05) is 23.7 Å². The van der Waals surface area contributed by atoms with E-state index in [-0.39, 0.29) is 17.4 Å². The molecule has 0 heterocycles. The Labute approximate surface area is 116 Å². The second-order valence-electron chi connectivity index (χ2n) is 4.09. The Morgan fingerprint density at radius 2 is 2.11 bits per heavy atom. The number of rotatable bonds is 3. The first kappa shape index (κ1) is 13.4. The molecule has 0 aliphatic carbocycles. The molecular weight excluding hydrogens is 265 g/mol. The number of hydrogen-bond acceptors (Lipinski definition) is 2. The van der Waals surface area contributed by atoms with E-state index in [2.05, 4.69) is 6.07 Å². The van der Waals surface area contributed by atoms with Crippen LogP contribution >= 0.6 is 11.6 Å². The molecule has 0 unspecified atom stereocenters. The second-order valence-corrected chi connectivity index (χ2v) is 4.50. The van der Waals surface area contributed by atoms with Crippen molar-refractivity contribution in [1.82, 2.24) is 0 Å². The molecule has 0 aliphatic heterocycles. The topological polar surface area (TPSA) is 33.0 Å². The lowest BCUT2D eigenvalue weighted by molar-refractivity contribution is 0.290. The molecule has 2 aromatic carbocycles. The highest BCUT2D eigenvalue weighted by Gasteiger charge is 2.09. The molecule has 0 aliphatic rings. The van der Waals surface area contributed by atoms with Crippen molar-refractivity contribution in [2.45, 2.75) is 13.5 Å². The minimum absolute atomic E-state index is 0.0490. The lowest BCUT2D eigenvalue weighted by Crippen LogP contribution is -2.00. The van der Waals surface area contributed by atoms with E-state index in [1.54, 1.807) is 24.3 Å². The molecule has 19 heavy (non-hydrogen) atoms. The summed E-state index contributed by atoms with van der Waals surface area (Å²) in [5.41, 5.74) is 2.40. The van der Waals surface area contributed by atoms with Gasteiger partial charge in [-0.15, -0.1) is 0 Å². The fourth-order valence-electron chi connectivity index (χ4n) is 1.70. The van der Waals surface area contributed by atoms with Gasteiger partial charge in [0.25, 0.3) is 0 Å². The number of aryl methyl sites for hydroxylation is 1. The smallest absolute Gasteiger partial charge is 0.174 e. The number of benzene rings is 2. The predicted octanol–water partition coefficient (Wildman–Crippen LogP) is 4.24. The molecule has 0 saturated heterocycles. The van der Waals surface area contributed by atoms with E-state index in [1.165, 1.54) is 12.1 Å². The zero-order valence-electron chi connectivity index (χ0n) is 10.3. The first-order valence-electron chi connectivity index (χ1n) is 5.68. The van der Waals surface area contributed by atoms with Crippen molar-refractivity contribution in [3.8, 4) is 11.8 Å². The largest absolute Gasteiger partial charge is 0.484 e. The fourth-order valence-corrected chi connectivity index (χ4v) is 1.92. The van der Waals surface area contributed by atoms with Crippen LogP contribution in [0.4, 0.5) is 4.39 Å². The zero-order valence-corrected chi connectivity index (χ0v) is 11.0. The average molecular weight is 276 g/mol. The number of hydrogen-bond donors (Lipinski definition) is 0. The van der Waals surface area contributed by atoms with Crippen LogP contribution in [0.15, 0.2) is 36.4 Å². The van der Waals surface area contributed by atoms with Gasteiger partial charge in [-0.05, 0) is 42.3 Å². The van der Waals surface area contributed by atoms with Gasteiger partial charge in [0, 0.05) is 0 Å².